The molecule has 0 spiro atoms. The Hall–Kier alpha value is -2.46. The van der Waals surface area contributed by atoms with Crippen LogP contribution in [0.5, 0.6) is 0 Å². The van der Waals surface area contributed by atoms with Crippen LogP contribution in [0.2, 0.25) is 0 Å². The monoisotopic (exact) mass is 307 g/mol. The maximum atomic E-state index is 12.0. The van der Waals surface area contributed by atoms with Crippen LogP contribution >= 0.6 is 0 Å². The predicted molar refractivity (Wildman–Crippen MR) is 78.0 cm³/mol. The fraction of sp³-hybridized carbons (Fsp3) is 0.500. The lowest BCUT2D eigenvalue weighted by molar-refractivity contribution is -0.122. The maximum Gasteiger partial charge on any atom is 0.280 e. The number of hydrogen-bond donors (Lipinski definition) is 3. The third-order valence-corrected chi connectivity index (χ3v) is 3.41. The number of carbonyl (C=O) groups excluding carboxylic acids is 1. The van der Waals surface area contributed by atoms with Crippen molar-refractivity contribution in [2.24, 2.45) is 0 Å². The third-order valence-electron chi connectivity index (χ3n) is 3.41. The molecule has 0 aliphatic carbocycles. The molecule has 0 aromatic carbocycles. The highest BCUT2D eigenvalue weighted by Crippen LogP contribution is 2.06. The summed E-state index contributed by atoms with van der Waals surface area (Å²) < 4.78 is 6.74. The number of H-pyrrole nitrogens is 1. The van der Waals surface area contributed by atoms with Gasteiger partial charge in [-0.1, -0.05) is 0 Å². The molecule has 3 rings (SSSR count). The second kappa shape index (κ2) is 6.12. The predicted octanol–water partition coefficient (Wildman–Crippen LogP) is -1.89. The molecule has 0 atom stereocenters. The van der Waals surface area contributed by atoms with Crippen molar-refractivity contribution in [2.75, 3.05) is 38.7 Å². The minimum absolute atomic E-state index is 0.00650. The zero-order chi connectivity index (χ0) is 15.5. The van der Waals surface area contributed by atoms with Gasteiger partial charge in [0.15, 0.2) is 11.2 Å². The van der Waals surface area contributed by atoms with Gasteiger partial charge in [-0.15, -0.1) is 0 Å². The number of imidazole rings is 1. The van der Waals surface area contributed by atoms with Crippen LogP contribution in [-0.2, 0) is 16.1 Å². The Morgan fingerprint density at radius 1 is 1.45 bits per heavy atom. The second-order valence-corrected chi connectivity index (χ2v) is 4.98. The average Bonchev–Trinajstić information content (AvgIpc) is 2.89. The summed E-state index contributed by atoms with van der Waals surface area (Å²) in [5, 5.41) is 2.82. The molecule has 2 aromatic heterocycles. The van der Waals surface area contributed by atoms with Crippen molar-refractivity contribution in [1.82, 2.24) is 29.7 Å². The van der Waals surface area contributed by atoms with E-state index in [0.717, 1.165) is 13.1 Å². The van der Waals surface area contributed by atoms with E-state index in [1.165, 1.54) is 10.9 Å². The summed E-state index contributed by atoms with van der Waals surface area (Å²) in [6, 6.07) is 0. The molecule has 4 N–H and O–H groups in total. The van der Waals surface area contributed by atoms with Crippen molar-refractivity contribution in [2.45, 2.75) is 6.54 Å². The molecule has 1 fully saturated rings. The molecule has 22 heavy (non-hydrogen) atoms. The fourth-order valence-electron chi connectivity index (χ4n) is 2.26. The largest absolute Gasteiger partial charge is 0.379 e. The lowest BCUT2D eigenvalue weighted by Crippen LogP contribution is -2.44. The van der Waals surface area contributed by atoms with E-state index >= 15 is 0 Å². The number of rotatable bonds is 4. The van der Waals surface area contributed by atoms with E-state index in [4.69, 9.17) is 10.5 Å². The molecule has 10 nitrogen and oxygen atoms in total. The normalized spacial score (nSPS) is 16.0. The number of anilines is 1. The molecule has 0 radical (unpaired) electrons. The Balaban J connectivity index is 1.65. The lowest BCUT2D eigenvalue weighted by atomic mass is 10.4. The number of amides is 1. The summed E-state index contributed by atoms with van der Waals surface area (Å²) in [6.45, 7) is 3.42. The smallest absolute Gasteiger partial charge is 0.280 e. The first-order chi connectivity index (χ1) is 10.6. The van der Waals surface area contributed by atoms with E-state index in [1.54, 1.807) is 0 Å². The van der Waals surface area contributed by atoms with Gasteiger partial charge in [-0.25, -0.2) is 4.98 Å². The van der Waals surface area contributed by atoms with Crippen LogP contribution in [0.3, 0.4) is 0 Å². The van der Waals surface area contributed by atoms with Crippen LogP contribution in [0.4, 0.5) is 5.95 Å². The zero-order valence-corrected chi connectivity index (χ0v) is 11.9. The average molecular weight is 307 g/mol. The third kappa shape index (κ3) is 3.07. The van der Waals surface area contributed by atoms with Gasteiger partial charge in [0, 0.05) is 13.1 Å². The summed E-state index contributed by atoms with van der Waals surface area (Å²) in [5.74, 6) is -0.195. The van der Waals surface area contributed by atoms with Crippen LogP contribution < -0.4 is 16.6 Å². The number of nitrogens with zero attached hydrogens (tertiary/aromatic N) is 4. The second-order valence-electron chi connectivity index (χ2n) is 4.98. The molecule has 118 valence electrons. The molecule has 2 aromatic rings. The maximum absolute atomic E-state index is 12.0. The molecular weight excluding hydrogens is 290 g/mol. The molecule has 1 saturated heterocycles. The van der Waals surface area contributed by atoms with E-state index in [9.17, 15) is 9.59 Å². The van der Waals surface area contributed by atoms with E-state index in [0.29, 0.717) is 25.5 Å². The van der Waals surface area contributed by atoms with E-state index < -0.39 is 5.56 Å². The molecular formula is C12H17N7O3. The van der Waals surface area contributed by atoms with Gasteiger partial charge in [-0.2, -0.15) is 4.98 Å². The van der Waals surface area contributed by atoms with Crippen molar-refractivity contribution in [3.8, 4) is 0 Å². The highest BCUT2D eigenvalue weighted by Gasteiger charge is 2.14. The number of nitrogens with two attached hydrogens (primary N) is 1. The van der Waals surface area contributed by atoms with Gasteiger partial charge in [0.25, 0.3) is 5.56 Å². The lowest BCUT2D eigenvalue weighted by Gasteiger charge is -2.26. The van der Waals surface area contributed by atoms with E-state index in [2.05, 4.69) is 25.2 Å². The number of aromatic amines is 1. The van der Waals surface area contributed by atoms with Crippen LogP contribution in [0.15, 0.2) is 11.1 Å². The Morgan fingerprint density at radius 2 is 2.23 bits per heavy atom. The van der Waals surface area contributed by atoms with Gasteiger partial charge in [0.2, 0.25) is 11.9 Å². The van der Waals surface area contributed by atoms with Gasteiger partial charge in [-0.05, 0) is 0 Å². The van der Waals surface area contributed by atoms with Crippen LogP contribution in [0.25, 0.3) is 11.2 Å². The highest BCUT2D eigenvalue weighted by molar-refractivity contribution is 5.78. The minimum Gasteiger partial charge on any atom is -0.379 e. The number of fused-ring (bicyclic) bond motifs is 1. The van der Waals surface area contributed by atoms with Gasteiger partial charge in [0.1, 0.15) is 6.54 Å². The van der Waals surface area contributed by atoms with Gasteiger partial charge < -0.3 is 20.4 Å². The van der Waals surface area contributed by atoms with Crippen molar-refractivity contribution < 1.29 is 9.53 Å². The summed E-state index contributed by atoms with van der Waals surface area (Å²) in [6.07, 6.45) is 1.40. The molecule has 0 unspecified atom stereocenters. The summed E-state index contributed by atoms with van der Waals surface area (Å²) in [7, 11) is 0. The summed E-state index contributed by atoms with van der Waals surface area (Å²) >= 11 is 0. The molecule has 10 heteroatoms. The molecule has 1 aliphatic heterocycles. The Labute approximate surface area is 125 Å². The Kier molecular flexibility index (Phi) is 4.02. The minimum atomic E-state index is -0.421. The van der Waals surface area contributed by atoms with Crippen molar-refractivity contribution in [1.29, 1.82) is 0 Å². The van der Waals surface area contributed by atoms with Crippen molar-refractivity contribution in [3.63, 3.8) is 0 Å². The standard InChI is InChI=1S/C12H17N7O3/c13-12-16-10-9(11(21)17-12)15-7-19(10)5-8(20)14-6-18-1-3-22-4-2-18/h7H,1-6H2,(H,14,20)(H3,13,16,17,21). The summed E-state index contributed by atoms with van der Waals surface area (Å²) in [5.41, 5.74) is 5.55. The number of hydrogen-bond acceptors (Lipinski definition) is 7. The summed E-state index contributed by atoms with van der Waals surface area (Å²) in [4.78, 5) is 36.1. The highest BCUT2D eigenvalue weighted by atomic mass is 16.5. The van der Waals surface area contributed by atoms with Crippen LogP contribution in [-0.4, -0.2) is 63.3 Å². The van der Waals surface area contributed by atoms with Crippen molar-refractivity contribution in [3.05, 3.63) is 16.7 Å². The van der Waals surface area contributed by atoms with Crippen LogP contribution in [0.1, 0.15) is 0 Å². The number of nitrogens with one attached hydrogen (secondary N) is 2. The number of carbonyl (C=O) groups is 1. The topological polar surface area (TPSA) is 131 Å². The Bertz CT molecular complexity index is 732. The molecule has 0 bridgehead atoms. The first kappa shape index (κ1) is 14.5. The fourth-order valence-corrected chi connectivity index (χ4v) is 2.26. The SMILES string of the molecule is Nc1nc2c(ncn2CC(=O)NCN2CCOCC2)c(=O)[nH]1. The first-order valence-corrected chi connectivity index (χ1v) is 6.91. The van der Waals surface area contributed by atoms with Gasteiger partial charge in [-0.3, -0.25) is 19.5 Å². The number of morpholine rings is 1. The molecule has 1 aliphatic rings. The first-order valence-electron chi connectivity index (χ1n) is 6.91. The van der Waals surface area contributed by atoms with Gasteiger partial charge >= 0.3 is 0 Å². The number of ether oxygens (including phenoxy) is 1. The van der Waals surface area contributed by atoms with E-state index in [-0.39, 0.29) is 23.9 Å². The molecule has 3 heterocycles. The number of nitrogen functional groups attached to an aromatic ring is 1. The van der Waals surface area contributed by atoms with E-state index in [1.807, 2.05) is 0 Å². The van der Waals surface area contributed by atoms with Crippen molar-refractivity contribution >= 4 is 23.0 Å². The van der Waals surface area contributed by atoms with Gasteiger partial charge in [0.05, 0.1) is 26.2 Å². The Morgan fingerprint density at radius 3 is 3.00 bits per heavy atom. The quantitative estimate of drug-likeness (QED) is 0.601. The zero-order valence-electron chi connectivity index (χ0n) is 11.9. The molecule has 1 amide bonds. The molecule has 0 saturated carbocycles. The van der Waals surface area contributed by atoms with Crippen LogP contribution in [0, 0.1) is 0 Å². The number of aromatic nitrogens is 4.